The van der Waals surface area contributed by atoms with Crippen LogP contribution in [-0.4, -0.2) is 64.1 Å². The Hall–Kier alpha value is -1.99. The van der Waals surface area contributed by atoms with E-state index in [2.05, 4.69) is 52.8 Å². The fourth-order valence-electron chi connectivity index (χ4n) is 11.9. The van der Waals surface area contributed by atoms with Gasteiger partial charge in [-0.15, -0.1) is 0 Å². The molecule has 5 fully saturated rings. The summed E-state index contributed by atoms with van der Waals surface area (Å²) >= 11 is 1.16. The smallest absolute Gasteiger partial charge is 0.233 e. The van der Waals surface area contributed by atoms with Crippen LogP contribution >= 0.6 is 11.5 Å². The van der Waals surface area contributed by atoms with Gasteiger partial charge in [-0.2, -0.15) is 4.37 Å². The van der Waals surface area contributed by atoms with E-state index in [-0.39, 0.29) is 69.9 Å². The predicted molar refractivity (Wildman–Crippen MR) is 193 cm³/mol. The molecule has 6 unspecified atom stereocenters. The minimum atomic E-state index is -2.66. The van der Waals surface area contributed by atoms with Crippen LogP contribution in [0.25, 0.3) is 10.1 Å². The standard InChI is InChI=1S/C40H60N4O2S/c1-20-14-13-15-29-30(20)36(41-47-29)43-18-22(3)42(12)28(19-43)25(6)27-17-16-21(2)39(8,9)35(27)26(7)44-37(45)31-32(38(44)46)34-24(5)23(4)33(31)40(34,10)11/h13-15,21-28,31-35H,16-19H2,1-12H3/t21?,22?,23?,24?,25?,26-,27-,28-,31-,32+,33+,34?,35-/m0/s1/i18D2,19D2,22D,28D. The lowest BCUT2D eigenvalue weighted by atomic mass is 9.53. The number of amides is 2. The molecule has 0 radical (unpaired) electrons. The molecule has 5 aliphatic rings. The number of fused-ring (bicyclic) bond motifs is 6. The van der Waals surface area contributed by atoms with E-state index in [1.165, 1.54) is 18.9 Å². The van der Waals surface area contributed by atoms with Gasteiger partial charge in [-0.3, -0.25) is 19.4 Å². The van der Waals surface area contributed by atoms with E-state index in [9.17, 15) is 17.8 Å². The second-order valence-corrected chi connectivity index (χ2v) is 18.1. The van der Waals surface area contributed by atoms with Crippen molar-refractivity contribution in [1.29, 1.82) is 0 Å². The molecule has 258 valence electrons. The maximum absolute atomic E-state index is 14.7. The fourth-order valence-corrected chi connectivity index (χ4v) is 12.8. The van der Waals surface area contributed by atoms with Crippen molar-refractivity contribution in [1.82, 2.24) is 14.2 Å². The highest BCUT2D eigenvalue weighted by atomic mass is 32.1. The summed E-state index contributed by atoms with van der Waals surface area (Å²) in [6.07, 6.45) is 1.48. The number of aromatic nitrogens is 1. The monoisotopic (exact) mass is 666 g/mol. The third kappa shape index (κ3) is 4.60. The molecule has 2 aromatic rings. The van der Waals surface area contributed by atoms with Crippen LogP contribution in [0, 0.1) is 76.9 Å². The summed E-state index contributed by atoms with van der Waals surface area (Å²) < 4.78 is 64.0. The summed E-state index contributed by atoms with van der Waals surface area (Å²) in [5, 5.41) is 0.622. The number of hydrogen-bond acceptors (Lipinski definition) is 6. The highest BCUT2D eigenvalue weighted by molar-refractivity contribution is 7.13. The molecule has 2 saturated heterocycles. The maximum Gasteiger partial charge on any atom is 0.233 e. The topological polar surface area (TPSA) is 56.8 Å². The van der Waals surface area contributed by atoms with Gasteiger partial charge in [0.25, 0.3) is 0 Å². The first-order valence-corrected chi connectivity index (χ1v) is 18.8. The number of rotatable bonds is 5. The molecule has 47 heavy (non-hydrogen) atoms. The number of likely N-dealkylation sites (N-methyl/N-ethyl adjacent to an activating group) is 1. The Morgan fingerprint density at radius 3 is 2.19 bits per heavy atom. The third-order valence-corrected chi connectivity index (χ3v) is 15.5. The van der Waals surface area contributed by atoms with Gasteiger partial charge in [0.2, 0.25) is 11.8 Å². The number of carbonyl (C=O) groups excluding carboxylic acids is 2. The largest absolute Gasteiger partial charge is 0.352 e. The minimum absolute atomic E-state index is 0.0677. The second-order valence-electron chi connectivity index (χ2n) is 17.3. The number of aryl methyl sites for hydroxylation is 1. The van der Waals surface area contributed by atoms with E-state index < -0.39 is 37.0 Å². The summed E-state index contributed by atoms with van der Waals surface area (Å²) in [7, 11) is 1.51. The number of carbonyl (C=O) groups is 2. The van der Waals surface area contributed by atoms with Crippen LogP contribution in [0.1, 0.15) is 95.9 Å². The Kier molecular flexibility index (Phi) is 6.43. The van der Waals surface area contributed by atoms with Crippen molar-refractivity contribution in [3.63, 3.8) is 0 Å². The van der Waals surface area contributed by atoms with Crippen LogP contribution in [0.3, 0.4) is 0 Å². The molecule has 0 N–H and O–H groups in total. The zero-order valence-corrected chi connectivity index (χ0v) is 31.3. The molecule has 2 bridgehead atoms. The van der Waals surface area contributed by atoms with Crippen molar-refractivity contribution in [3.8, 4) is 0 Å². The van der Waals surface area contributed by atoms with Gasteiger partial charge in [-0.1, -0.05) is 67.5 Å². The Balaban J connectivity index is 1.33. The van der Waals surface area contributed by atoms with Crippen molar-refractivity contribution in [2.45, 2.75) is 107 Å². The van der Waals surface area contributed by atoms with Crippen molar-refractivity contribution < 1.29 is 17.8 Å². The molecular weight excluding hydrogens is 601 g/mol. The Bertz CT molecular complexity index is 1810. The first kappa shape index (κ1) is 26.8. The summed E-state index contributed by atoms with van der Waals surface area (Å²) in [6, 6.07) is 0.957. The van der Waals surface area contributed by atoms with Gasteiger partial charge in [0.05, 0.1) is 22.0 Å². The first-order chi connectivity index (χ1) is 24.2. The van der Waals surface area contributed by atoms with Crippen LogP contribution in [0.5, 0.6) is 0 Å². The van der Waals surface area contributed by atoms with Crippen LogP contribution in [0.4, 0.5) is 5.82 Å². The molecule has 3 saturated carbocycles. The molecule has 1 aromatic heterocycles. The predicted octanol–water partition coefficient (Wildman–Crippen LogP) is 7.99. The molecule has 0 spiro atoms. The third-order valence-electron chi connectivity index (χ3n) is 14.7. The number of likely N-dealkylation sites (tertiary alicyclic amines) is 1. The van der Waals surface area contributed by atoms with Gasteiger partial charge in [0.15, 0.2) is 5.82 Å². The molecule has 7 heteroatoms. The van der Waals surface area contributed by atoms with Gasteiger partial charge >= 0.3 is 0 Å². The molecule has 3 heterocycles. The fraction of sp³-hybridized carbons (Fsp3) is 0.775. The van der Waals surface area contributed by atoms with Crippen molar-refractivity contribution in [2.75, 3.05) is 24.9 Å². The van der Waals surface area contributed by atoms with Crippen molar-refractivity contribution >= 4 is 39.3 Å². The average molecular weight is 667 g/mol. The highest BCUT2D eigenvalue weighted by Crippen LogP contribution is 2.70. The normalized spacial score (nSPS) is 48.3. The first-order valence-electron chi connectivity index (χ1n) is 21.0. The minimum Gasteiger partial charge on any atom is -0.352 e. The van der Waals surface area contributed by atoms with E-state index >= 15 is 0 Å². The number of hydrogen-bond donors (Lipinski definition) is 0. The highest BCUT2D eigenvalue weighted by Gasteiger charge is 2.73. The lowest BCUT2D eigenvalue weighted by molar-refractivity contribution is -0.150. The van der Waals surface area contributed by atoms with Gasteiger partial charge in [0.1, 0.15) is 0 Å². The summed E-state index contributed by atoms with van der Waals surface area (Å²) in [6.45, 7) is 17.5. The Morgan fingerprint density at radius 1 is 0.957 bits per heavy atom. The molecule has 7 rings (SSSR count). The molecule has 13 atom stereocenters. The van der Waals surface area contributed by atoms with E-state index in [1.807, 2.05) is 39.0 Å². The van der Waals surface area contributed by atoms with Crippen LogP contribution in [0.2, 0.25) is 0 Å². The second kappa shape index (κ2) is 11.3. The molecule has 2 aliphatic heterocycles. The SMILES string of the molecule is [2H]C1([2H])N(c2nsc3cccc(C)c23)C([2H])([2H])[C@@]([2H])(C(C)[C@@H]2CCC(C)C(C)(C)[C@H]2[C@H](C)N2C(=O)[C@@H]3[C@H]4C(C)C(C)C([C@@H]3C2=O)C4(C)C)N(C)C1([2H])C. The lowest BCUT2D eigenvalue weighted by Gasteiger charge is -2.56. The molecular formula is C40H60N4O2S. The van der Waals surface area contributed by atoms with E-state index in [1.54, 1.807) is 4.90 Å². The van der Waals surface area contributed by atoms with Gasteiger partial charge in [-0.05, 0) is 122 Å². The van der Waals surface area contributed by atoms with Crippen LogP contribution < -0.4 is 4.90 Å². The number of imide groups is 1. The van der Waals surface area contributed by atoms with Crippen LogP contribution in [0.15, 0.2) is 18.2 Å². The lowest BCUT2D eigenvalue weighted by Crippen LogP contribution is -2.62. The Labute approximate surface area is 296 Å². The summed E-state index contributed by atoms with van der Waals surface area (Å²) in [5.41, 5.74) is 0.333. The van der Waals surface area contributed by atoms with Gasteiger partial charge in [-0.25, -0.2) is 0 Å². The summed E-state index contributed by atoms with van der Waals surface area (Å²) in [5.74, 6) is -0.835. The average Bonchev–Trinajstić information content (AvgIpc) is 3.71. The molecule has 3 aliphatic carbocycles. The maximum atomic E-state index is 14.7. The molecule has 2 amide bonds. The molecule has 1 aromatic carbocycles. The summed E-state index contributed by atoms with van der Waals surface area (Å²) in [4.78, 5) is 33.3. The molecule has 6 nitrogen and oxygen atoms in total. The van der Waals surface area contributed by atoms with E-state index in [0.717, 1.165) is 33.1 Å². The van der Waals surface area contributed by atoms with Crippen molar-refractivity contribution in [2.24, 2.45) is 70.0 Å². The number of benzene rings is 1. The zero-order chi connectivity index (χ0) is 39.5. The van der Waals surface area contributed by atoms with E-state index in [0.29, 0.717) is 23.6 Å². The Morgan fingerprint density at radius 2 is 1.57 bits per heavy atom. The van der Waals surface area contributed by atoms with E-state index in [4.69, 9.17) is 0 Å². The van der Waals surface area contributed by atoms with Gasteiger partial charge in [0, 0.05) is 39.2 Å². The number of piperazine rings is 1. The van der Waals surface area contributed by atoms with Crippen molar-refractivity contribution in [3.05, 3.63) is 23.8 Å². The quantitative estimate of drug-likeness (QED) is 0.303. The number of anilines is 1. The van der Waals surface area contributed by atoms with Gasteiger partial charge < -0.3 is 4.90 Å². The number of nitrogens with zero attached hydrogens (tertiary/aromatic N) is 4. The zero-order valence-electron chi connectivity index (χ0n) is 36.5. The van der Waals surface area contributed by atoms with Crippen LogP contribution in [-0.2, 0) is 9.59 Å².